The van der Waals surface area contributed by atoms with Crippen LogP contribution in [0.3, 0.4) is 0 Å². The maximum atomic E-state index is 15.1. The first-order chi connectivity index (χ1) is 18.6. The van der Waals surface area contributed by atoms with Crippen LogP contribution in [-0.4, -0.2) is 57.2 Å². The Morgan fingerprint density at radius 2 is 1.77 bits per heavy atom. The second-order valence-corrected chi connectivity index (χ2v) is 9.78. The molecule has 0 unspecified atom stereocenters. The molecule has 0 N–H and O–H groups in total. The third-order valence-electron chi connectivity index (χ3n) is 6.94. The summed E-state index contributed by atoms with van der Waals surface area (Å²) in [5.74, 6) is 1.08. The van der Waals surface area contributed by atoms with Gasteiger partial charge in [0.1, 0.15) is 11.5 Å². The van der Waals surface area contributed by atoms with Crippen LogP contribution in [0.2, 0.25) is 6.82 Å². The van der Waals surface area contributed by atoms with Gasteiger partial charge in [-0.05, 0) is 84.1 Å². The SMILES string of the molecule is CCOC(=O)CCCN(CC)c1cc(OC)c(/C(=C2/N=C(C)C=C2C)c2c(C)cc(C)n2B(C)F)cc1OC. The minimum atomic E-state index is -1.23. The summed E-state index contributed by atoms with van der Waals surface area (Å²) < 4.78 is 33.7. The Labute approximate surface area is 232 Å². The van der Waals surface area contributed by atoms with E-state index >= 15 is 4.32 Å². The molecule has 1 aliphatic heterocycles. The second-order valence-electron chi connectivity index (χ2n) is 9.78. The number of benzene rings is 1. The van der Waals surface area contributed by atoms with E-state index in [9.17, 15) is 4.79 Å². The highest BCUT2D eigenvalue weighted by Gasteiger charge is 2.29. The Hall–Kier alpha value is -3.49. The first-order valence-corrected chi connectivity index (χ1v) is 13.6. The lowest BCUT2D eigenvalue weighted by Crippen LogP contribution is -2.25. The molecule has 0 atom stereocenters. The molecule has 0 saturated heterocycles. The van der Waals surface area contributed by atoms with Gasteiger partial charge >= 0.3 is 13.1 Å². The minimum Gasteiger partial charge on any atom is -0.496 e. The lowest BCUT2D eigenvalue weighted by atomic mass is 9.87. The molecule has 0 aliphatic carbocycles. The Morgan fingerprint density at radius 1 is 1.08 bits per heavy atom. The normalized spacial score (nSPS) is 14.1. The minimum absolute atomic E-state index is 0.198. The van der Waals surface area contributed by atoms with Crippen LogP contribution in [0.25, 0.3) is 5.57 Å². The van der Waals surface area contributed by atoms with Crippen LogP contribution in [0.1, 0.15) is 63.1 Å². The number of carbonyl (C=O) groups excluding carboxylic acids is 1. The van der Waals surface area contributed by atoms with E-state index in [1.807, 2.05) is 58.9 Å². The van der Waals surface area contributed by atoms with E-state index in [0.717, 1.165) is 50.8 Å². The van der Waals surface area contributed by atoms with E-state index in [4.69, 9.17) is 19.2 Å². The van der Waals surface area contributed by atoms with Crippen LogP contribution in [0.5, 0.6) is 11.5 Å². The van der Waals surface area contributed by atoms with Gasteiger partial charge in [0.25, 0.3) is 0 Å². The third kappa shape index (κ3) is 6.40. The summed E-state index contributed by atoms with van der Waals surface area (Å²) in [6, 6.07) is 5.91. The van der Waals surface area contributed by atoms with Crippen molar-refractivity contribution < 1.29 is 23.3 Å². The van der Waals surface area contributed by atoms with Crippen molar-refractivity contribution in [2.45, 2.75) is 61.2 Å². The molecule has 1 aromatic heterocycles. The standard InChI is InChI=1S/C30H41BFN3O4/c1-10-34(14-12-13-27(36)39-11-2)24-18-25(37-8)23(17-26(24)38-9)28(29-19(3)15-21(5)33-29)30-20(4)16-22(6)35(30)31(7)32/h15-18H,10-14H2,1-9H3/b29-28-. The van der Waals surface area contributed by atoms with E-state index in [0.29, 0.717) is 44.0 Å². The fraction of sp³-hybridized carbons (Fsp3) is 0.467. The summed E-state index contributed by atoms with van der Waals surface area (Å²) >= 11 is 0. The quantitative estimate of drug-likeness (QED) is 0.231. The number of ether oxygens (including phenoxy) is 3. The Bertz CT molecular complexity index is 1310. The number of methoxy groups -OCH3 is 2. The number of aliphatic imine (C=N–C) groups is 1. The van der Waals surface area contributed by atoms with Gasteiger partial charge in [0.05, 0.1) is 32.2 Å². The average Bonchev–Trinajstić information content (AvgIpc) is 3.38. The van der Waals surface area contributed by atoms with Crippen molar-refractivity contribution in [1.29, 1.82) is 0 Å². The summed E-state index contributed by atoms with van der Waals surface area (Å²) in [5, 5.41) is 0. The van der Waals surface area contributed by atoms with Crippen LogP contribution in [0, 0.1) is 13.8 Å². The zero-order valence-electron chi connectivity index (χ0n) is 24.8. The molecule has 9 heteroatoms. The number of allylic oxidation sites excluding steroid dienone is 2. The fourth-order valence-corrected chi connectivity index (χ4v) is 5.31. The van der Waals surface area contributed by atoms with E-state index in [1.54, 1.807) is 25.5 Å². The van der Waals surface area contributed by atoms with E-state index in [1.165, 1.54) is 0 Å². The highest BCUT2D eigenvalue weighted by molar-refractivity contribution is 6.48. The van der Waals surface area contributed by atoms with Gasteiger partial charge in [-0.2, -0.15) is 0 Å². The van der Waals surface area contributed by atoms with Crippen molar-refractivity contribution in [3.8, 4) is 11.5 Å². The number of rotatable bonds is 12. The molecule has 210 valence electrons. The highest BCUT2D eigenvalue weighted by Crippen LogP contribution is 2.45. The van der Waals surface area contributed by atoms with E-state index in [-0.39, 0.29) is 5.97 Å². The van der Waals surface area contributed by atoms with Crippen molar-refractivity contribution in [2.24, 2.45) is 4.99 Å². The van der Waals surface area contributed by atoms with Crippen molar-refractivity contribution >= 4 is 30.1 Å². The first kappa shape index (κ1) is 30.1. The molecule has 0 spiro atoms. The van der Waals surface area contributed by atoms with Gasteiger partial charge in [0.15, 0.2) is 0 Å². The van der Waals surface area contributed by atoms with Crippen LogP contribution >= 0.6 is 0 Å². The van der Waals surface area contributed by atoms with Crippen LogP contribution in [-0.2, 0) is 9.53 Å². The van der Waals surface area contributed by atoms with Gasteiger partial charge in [-0.15, -0.1) is 0 Å². The van der Waals surface area contributed by atoms with Gasteiger partial charge in [-0.3, -0.25) is 9.79 Å². The smallest absolute Gasteiger partial charge is 0.462 e. The van der Waals surface area contributed by atoms with Gasteiger partial charge in [0.2, 0.25) is 0 Å². The predicted molar refractivity (Wildman–Crippen MR) is 158 cm³/mol. The fourth-order valence-electron chi connectivity index (χ4n) is 5.31. The number of anilines is 1. The van der Waals surface area contributed by atoms with E-state index < -0.39 is 7.12 Å². The van der Waals surface area contributed by atoms with Crippen molar-refractivity contribution in [2.75, 3.05) is 38.8 Å². The van der Waals surface area contributed by atoms with Crippen LogP contribution in [0.4, 0.5) is 10.0 Å². The number of nitrogens with zero attached hydrogens (tertiary/aromatic N) is 3. The maximum Gasteiger partial charge on any atom is 0.462 e. The highest BCUT2D eigenvalue weighted by atomic mass is 19.1. The predicted octanol–water partition coefficient (Wildman–Crippen LogP) is 6.41. The average molecular weight is 537 g/mol. The third-order valence-corrected chi connectivity index (χ3v) is 6.94. The molecule has 39 heavy (non-hydrogen) atoms. The molecule has 0 amide bonds. The summed E-state index contributed by atoms with van der Waals surface area (Å²) in [5.41, 5.74) is 7.63. The van der Waals surface area contributed by atoms with Crippen molar-refractivity contribution in [3.63, 3.8) is 0 Å². The summed E-state index contributed by atoms with van der Waals surface area (Å²) in [6.45, 7) is 15.0. The van der Waals surface area contributed by atoms with Gasteiger partial charge < -0.3 is 27.9 Å². The maximum absolute atomic E-state index is 15.1. The molecule has 0 bridgehead atoms. The number of halogens is 1. The lowest BCUT2D eigenvalue weighted by molar-refractivity contribution is -0.143. The van der Waals surface area contributed by atoms with Crippen molar-refractivity contribution in [3.05, 3.63) is 58.1 Å². The topological polar surface area (TPSA) is 65.3 Å². The molecule has 2 heterocycles. The van der Waals surface area contributed by atoms with Gasteiger partial charge in [-0.25, -0.2) is 0 Å². The molecule has 7 nitrogen and oxygen atoms in total. The van der Waals surface area contributed by atoms with Crippen LogP contribution in [0.15, 0.2) is 40.5 Å². The molecule has 3 rings (SSSR count). The van der Waals surface area contributed by atoms with Crippen molar-refractivity contribution in [1.82, 2.24) is 4.48 Å². The van der Waals surface area contributed by atoms with Gasteiger partial charge in [0, 0.05) is 53.8 Å². The lowest BCUT2D eigenvalue weighted by Gasteiger charge is -2.27. The molecular weight excluding hydrogens is 496 g/mol. The zero-order valence-corrected chi connectivity index (χ0v) is 24.8. The molecule has 0 saturated carbocycles. The molecular formula is C30H41BFN3O4. The second kappa shape index (κ2) is 13.0. The number of hydrogen-bond acceptors (Lipinski definition) is 6. The molecule has 1 aromatic carbocycles. The number of esters is 1. The summed E-state index contributed by atoms with van der Waals surface area (Å²) in [6.07, 6.45) is 3.02. The van der Waals surface area contributed by atoms with Crippen LogP contribution < -0.4 is 14.4 Å². The van der Waals surface area contributed by atoms with Gasteiger partial charge in [-0.1, -0.05) is 0 Å². The monoisotopic (exact) mass is 537 g/mol. The first-order valence-electron chi connectivity index (χ1n) is 13.6. The Balaban J connectivity index is 2.22. The van der Waals surface area contributed by atoms with E-state index in [2.05, 4.69) is 11.8 Å². The molecule has 0 radical (unpaired) electrons. The molecule has 2 aromatic rings. The zero-order chi connectivity index (χ0) is 28.9. The summed E-state index contributed by atoms with van der Waals surface area (Å²) in [4.78, 5) is 18.9. The molecule has 1 aliphatic rings. The molecule has 0 fully saturated rings. The number of aromatic nitrogens is 1. The largest absolute Gasteiger partial charge is 0.496 e. The number of carbonyl (C=O) groups is 1. The summed E-state index contributed by atoms with van der Waals surface area (Å²) in [7, 11) is 2.04. The Kier molecular flexibility index (Phi) is 10.1. The number of aryl methyl sites for hydroxylation is 2. The Morgan fingerprint density at radius 3 is 2.31 bits per heavy atom. The number of hydrogen-bond donors (Lipinski definition) is 0.